The van der Waals surface area contributed by atoms with Gasteiger partial charge in [-0.05, 0) is 55.2 Å². The van der Waals surface area contributed by atoms with Crippen molar-refractivity contribution in [2.24, 2.45) is 11.8 Å². The van der Waals surface area contributed by atoms with E-state index in [1.807, 2.05) is 13.8 Å². The lowest BCUT2D eigenvalue weighted by atomic mass is 9.96. The summed E-state index contributed by atoms with van der Waals surface area (Å²) < 4.78 is 13.1. The number of likely N-dealkylation sites (tertiary alicyclic amines) is 1. The fourth-order valence-electron chi connectivity index (χ4n) is 3.57. The fourth-order valence-corrected chi connectivity index (χ4v) is 3.57. The summed E-state index contributed by atoms with van der Waals surface area (Å²) in [6, 6.07) is 12.3. The molecule has 164 valence electrons. The summed E-state index contributed by atoms with van der Waals surface area (Å²) in [4.78, 5) is 39.8. The van der Waals surface area contributed by atoms with E-state index in [4.69, 9.17) is 0 Å². The normalized spacial score (nSPS) is 16.1. The van der Waals surface area contributed by atoms with Gasteiger partial charge in [0.1, 0.15) is 5.82 Å². The molecule has 7 heteroatoms. The van der Waals surface area contributed by atoms with Crippen molar-refractivity contribution in [1.82, 2.24) is 10.2 Å². The largest absolute Gasteiger partial charge is 0.352 e. The van der Waals surface area contributed by atoms with Gasteiger partial charge in [-0.3, -0.25) is 14.4 Å². The van der Waals surface area contributed by atoms with Crippen molar-refractivity contribution in [3.8, 4) is 0 Å². The molecule has 1 atom stereocenters. The second-order valence-corrected chi connectivity index (χ2v) is 8.24. The lowest BCUT2D eigenvalue weighted by Gasteiger charge is -2.32. The van der Waals surface area contributed by atoms with E-state index in [9.17, 15) is 18.8 Å². The number of hydrogen-bond acceptors (Lipinski definition) is 3. The Morgan fingerprint density at radius 2 is 1.81 bits per heavy atom. The minimum absolute atomic E-state index is 0.217. The van der Waals surface area contributed by atoms with Crippen LogP contribution in [0.3, 0.4) is 0 Å². The number of carbonyl (C=O) groups excluding carboxylic acids is 3. The van der Waals surface area contributed by atoms with Crippen molar-refractivity contribution in [3.63, 3.8) is 0 Å². The zero-order valence-corrected chi connectivity index (χ0v) is 17.9. The zero-order chi connectivity index (χ0) is 22.4. The molecular formula is C24H28FN3O3. The predicted octanol–water partition coefficient (Wildman–Crippen LogP) is 3.70. The third kappa shape index (κ3) is 5.90. The van der Waals surface area contributed by atoms with Crippen molar-refractivity contribution < 1.29 is 18.8 Å². The van der Waals surface area contributed by atoms with Crippen LogP contribution in [0.5, 0.6) is 0 Å². The van der Waals surface area contributed by atoms with Crippen molar-refractivity contribution >= 4 is 23.4 Å². The first-order chi connectivity index (χ1) is 14.8. The number of hydrogen-bond donors (Lipinski definition) is 2. The predicted molar refractivity (Wildman–Crippen MR) is 117 cm³/mol. The molecule has 1 aliphatic rings. The van der Waals surface area contributed by atoms with Crippen LogP contribution in [0.1, 0.15) is 47.4 Å². The van der Waals surface area contributed by atoms with Gasteiger partial charge < -0.3 is 15.5 Å². The van der Waals surface area contributed by atoms with Crippen molar-refractivity contribution in [2.75, 3.05) is 25.0 Å². The van der Waals surface area contributed by atoms with E-state index in [2.05, 4.69) is 10.6 Å². The molecule has 0 aromatic heterocycles. The summed E-state index contributed by atoms with van der Waals surface area (Å²) in [5, 5.41) is 5.73. The first-order valence-corrected chi connectivity index (χ1v) is 10.6. The number of rotatable bonds is 6. The maximum absolute atomic E-state index is 13.1. The second-order valence-electron chi connectivity index (χ2n) is 8.24. The molecule has 2 N–H and O–H groups in total. The number of anilines is 1. The van der Waals surface area contributed by atoms with Crippen LogP contribution in [0.4, 0.5) is 10.1 Å². The Labute approximate surface area is 181 Å². The molecule has 0 radical (unpaired) electrons. The third-order valence-corrected chi connectivity index (χ3v) is 5.27. The van der Waals surface area contributed by atoms with Crippen LogP contribution in [-0.4, -0.2) is 42.3 Å². The Bertz CT molecular complexity index is 943. The molecule has 1 unspecified atom stereocenters. The second kappa shape index (κ2) is 10.2. The molecule has 0 spiro atoms. The van der Waals surface area contributed by atoms with E-state index >= 15 is 0 Å². The average Bonchev–Trinajstić information content (AvgIpc) is 2.78. The first-order valence-electron chi connectivity index (χ1n) is 10.6. The van der Waals surface area contributed by atoms with Gasteiger partial charge in [0, 0.05) is 25.2 Å². The summed E-state index contributed by atoms with van der Waals surface area (Å²) in [5.74, 6) is -1.14. The summed E-state index contributed by atoms with van der Waals surface area (Å²) in [6.07, 6.45) is 1.35. The summed E-state index contributed by atoms with van der Waals surface area (Å²) in [7, 11) is 0. The molecule has 2 aromatic carbocycles. The monoisotopic (exact) mass is 425 g/mol. The van der Waals surface area contributed by atoms with E-state index in [0.717, 1.165) is 0 Å². The van der Waals surface area contributed by atoms with Crippen molar-refractivity contribution in [3.05, 3.63) is 65.5 Å². The number of amides is 3. The molecule has 3 rings (SSSR count). The highest BCUT2D eigenvalue weighted by atomic mass is 19.1. The third-order valence-electron chi connectivity index (χ3n) is 5.27. The van der Waals surface area contributed by atoms with Crippen LogP contribution in [0.2, 0.25) is 0 Å². The van der Waals surface area contributed by atoms with E-state index in [0.29, 0.717) is 48.7 Å². The van der Waals surface area contributed by atoms with Gasteiger partial charge in [0.15, 0.2) is 0 Å². The standard InChI is InChI=1S/C24H28FN3O3/c1-16(2)14-26-23(30)20-7-3-4-8-21(20)27-22(29)18-6-5-13-28(15-18)24(31)17-9-11-19(25)12-10-17/h3-4,7-12,16,18H,5-6,13-15H2,1-2H3,(H,26,30)(H,27,29). The highest BCUT2D eigenvalue weighted by Gasteiger charge is 2.29. The molecule has 1 fully saturated rings. The van der Waals surface area contributed by atoms with Crippen molar-refractivity contribution in [2.45, 2.75) is 26.7 Å². The Morgan fingerprint density at radius 1 is 1.10 bits per heavy atom. The van der Waals surface area contributed by atoms with Gasteiger partial charge in [-0.2, -0.15) is 0 Å². The van der Waals surface area contributed by atoms with Crippen LogP contribution < -0.4 is 10.6 Å². The summed E-state index contributed by atoms with van der Waals surface area (Å²) >= 11 is 0. The smallest absolute Gasteiger partial charge is 0.253 e. The molecule has 6 nitrogen and oxygen atoms in total. The summed E-state index contributed by atoms with van der Waals surface area (Å²) in [5.41, 5.74) is 1.26. The molecule has 1 saturated heterocycles. The molecule has 1 heterocycles. The minimum Gasteiger partial charge on any atom is -0.352 e. The van der Waals surface area contributed by atoms with E-state index < -0.39 is 5.82 Å². The number of nitrogens with one attached hydrogen (secondary N) is 2. The van der Waals surface area contributed by atoms with Crippen LogP contribution >= 0.6 is 0 Å². The number of carbonyl (C=O) groups is 3. The highest BCUT2D eigenvalue weighted by molar-refractivity contribution is 6.04. The van der Waals surface area contributed by atoms with Gasteiger partial charge >= 0.3 is 0 Å². The quantitative estimate of drug-likeness (QED) is 0.741. The SMILES string of the molecule is CC(C)CNC(=O)c1ccccc1NC(=O)C1CCCN(C(=O)c2ccc(F)cc2)C1. The number of piperidine rings is 1. The summed E-state index contributed by atoms with van der Waals surface area (Å²) in [6.45, 7) is 5.40. The Kier molecular flexibility index (Phi) is 7.39. The zero-order valence-electron chi connectivity index (χ0n) is 17.9. The maximum atomic E-state index is 13.1. The molecule has 1 aliphatic heterocycles. The topological polar surface area (TPSA) is 78.5 Å². The Balaban J connectivity index is 1.66. The van der Waals surface area contributed by atoms with Crippen LogP contribution in [0.15, 0.2) is 48.5 Å². The van der Waals surface area contributed by atoms with E-state index in [-0.39, 0.29) is 30.2 Å². The Morgan fingerprint density at radius 3 is 2.52 bits per heavy atom. The lowest BCUT2D eigenvalue weighted by Crippen LogP contribution is -2.44. The van der Waals surface area contributed by atoms with Gasteiger partial charge in [0.25, 0.3) is 11.8 Å². The number of halogens is 1. The Hall–Kier alpha value is -3.22. The molecule has 2 aromatic rings. The minimum atomic E-state index is -0.399. The highest BCUT2D eigenvalue weighted by Crippen LogP contribution is 2.22. The van der Waals surface area contributed by atoms with Crippen molar-refractivity contribution in [1.29, 1.82) is 0 Å². The van der Waals surface area contributed by atoms with Crippen LogP contribution in [0.25, 0.3) is 0 Å². The molecule has 0 saturated carbocycles. The molecule has 3 amide bonds. The molecule has 31 heavy (non-hydrogen) atoms. The first kappa shape index (κ1) is 22.5. The maximum Gasteiger partial charge on any atom is 0.253 e. The van der Waals surface area contributed by atoms with Gasteiger partial charge in [-0.1, -0.05) is 26.0 Å². The number of nitrogens with zero attached hydrogens (tertiary/aromatic N) is 1. The molecular weight excluding hydrogens is 397 g/mol. The van der Waals surface area contributed by atoms with Gasteiger partial charge in [-0.15, -0.1) is 0 Å². The van der Waals surface area contributed by atoms with E-state index in [1.165, 1.54) is 24.3 Å². The van der Waals surface area contributed by atoms with Gasteiger partial charge in [0.2, 0.25) is 5.91 Å². The van der Waals surface area contributed by atoms with Gasteiger partial charge in [0.05, 0.1) is 17.2 Å². The number of benzene rings is 2. The fraction of sp³-hybridized carbons (Fsp3) is 0.375. The lowest BCUT2D eigenvalue weighted by molar-refractivity contribution is -0.121. The number of para-hydroxylation sites is 1. The van der Waals surface area contributed by atoms with Crippen LogP contribution in [0, 0.1) is 17.7 Å². The average molecular weight is 426 g/mol. The van der Waals surface area contributed by atoms with Crippen LogP contribution in [-0.2, 0) is 4.79 Å². The molecule has 0 bridgehead atoms. The van der Waals surface area contributed by atoms with E-state index in [1.54, 1.807) is 29.2 Å². The molecule has 0 aliphatic carbocycles. The van der Waals surface area contributed by atoms with Gasteiger partial charge in [-0.25, -0.2) is 4.39 Å².